The zero-order chi connectivity index (χ0) is 20.8. The van der Waals surface area contributed by atoms with Crippen LogP contribution in [0.3, 0.4) is 0 Å². The molecule has 1 heterocycles. The summed E-state index contributed by atoms with van der Waals surface area (Å²) in [6.45, 7) is 3.70. The van der Waals surface area contributed by atoms with Crippen molar-refractivity contribution in [2.75, 3.05) is 33.7 Å². The molecule has 6 nitrogen and oxygen atoms in total. The lowest BCUT2D eigenvalue weighted by Gasteiger charge is -2.09. The lowest BCUT2D eigenvalue weighted by molar-refractivity contribution is 0.0996. The number of amides is 1. The van der Waals surface area contributed by atoms with E-state index in [0.717, 1.165) is 15.1 Å². The van der Waals surface area contributed by atoms with Crippen LogP contribution in [-0.2, 0) is 11.3 Å². The molecule has 0 aliphatic rings. The maximum absolute atomic E-state index is 12.8. The molecule has 0 saturated carbocycles. The van der Waals surface area contributed by atoms with Gasteiger partial charge in [-0.3, -0.25) is 4.79 Å². The Kier molecular flexibility index (Phi) is 7.35. The van der Waals surface area contributed by atoms with Gasteiger partial charge in [-0.1, -0.05) is 11.3 Å². The number of thioether (sulfide) groups is 1. The van der Waals surface area contributed by atoms with E-state index in [0.29, 0.717) is 41.6 Å². The van der Waals surface area contributed by atoms with Gasteiger partial charge in [0.1, 0.15) is 0 Å². The van der Waals surface area contributed by atoms with Crippen molar-refractivity contribution in [3.8, 4) is 11.5 Å². The van der Waals surface area contributed by atoms with Crippen LogP contribution >= 0.6 is 23.1 Å². The summed E-state index contributed by atoms with van der Waals surface area (Å²) in [5.74, 6) is 1.01. The van der Waals surface area contributed by atoms with Crippen molar-refractivity contribution in [3.63, 3.8) is 0 Å². The van der Waals surface area contributed by atoms with Gasteiger partial charge < -0.3 is 18.8 Å². The van der Waals surface area contributed by atoms with Crippen LogP contribution in [0.15, 0.2) is 46.3 Å². The monoisotopic (exact) mass is 432 g/mol. The highest BCUT2D eigenvalue weighted by Gasteiger charge is 2.14. The summed E-state index contributed by atoms with van der Waals surface area (Å²) >= 11 is 3.08. The molecule has 29 heavy (non-hydrogen) atoms. The van der Waals surface area contributed by atoms with Crippen LogP contribution in [0, 0.1) is 0 Å². The first-order valence-electron chi connectivity index (χ1n) is 9.17. The average Bonchev–Trinajstić information content (AvgIpc) is 3.08. The Morgan fingerprint density at radius 2 is 1.83 bits per heavy atom. The van der Waals surface area contributed by atoms with E-state index in [9.17, 15) is 4.79 Å². The van der Waals surface area contributed by atoms with Crippen molar-refractivity contribution < 1.29 is 19.0 Å². The smallest absolute Gasteiger partial charge is 0.279 e. The highest BCUT2D eigenvalue weighted by molar-refractivity contribution is 7.98. The minimum atomic E-state index is -0.270. The second-order valence-electron chi connectivity index (χ2n) is 6.05. The molecule has 154 valence electrons. The van der Waals surface area contributed by atoms with E-state index in [1.54, 1.807) is 26.0 Å². The summed E-state index contributed by atoms with van der Waals surface area (Å²) in [7, 11) is 3.21. The predicted molar refractivity (Wildman–Crippen MR) is 118 cm³/mol. The van der Waals surface area contributed by atoms with E-state index in [2.05, 4.69) is 4.99 Å². The van der Waals surface area contributed by atoms with Crippen LogP contribution in [0.1, 0.15) is 17.3 Å². The summed E-state index contributed by atoms with van der Waals surface area (Å²) in [6.07, 6.45) is 2.00. The molecule has 0 bridgehead atoms. The van der Waals surface area contributed by atoms with Gasteiger partial charge in [0.05, 0.1) is 31.0 Å². The Morgan fingerprint density at radius 1 is 1.14 bits per heavy atom. The number of carbonyl (C=O) groups excluding carboxylic acids is 1. The average molecular weight is 433 g/mol. The van der Waals surface area contributed by atoms with E-state index in [1.165, 1.54) is 11.3 Å². The normalized spacial score (nSPS) is 11.8. The van der Waals surface area contributed by atoms with Gasteiger partial charge in [-0.15, -0.1) is 11.8 Å². The Balaban J connectivity index is 2.09. The maximum atomic E-state index is 12.8. The van der Waals surface area contributed by atoms with E-state index in [1.807, 2.05) is 54.1 Å². The molecule has 3 rings (SSSR count). The number of methoxy groups -OCH3 is 2. The van der Waals surface area contributed by atoms with Gasteiger partial charge in [-0.05, 0) is 37.4 Å². The first-order chi connectivity index (χ1) is 14.1. The molecule has 0 radical (unpaired) electrons. The van der Waals surface area contributed by atoms with Crippen molar-refractivity contribution in [3.05, 3.63) is 46.8 Å². The van der Waals surface area contributed by atoms with Crippen LogP contribution in [0.2, 0.25) is 0 Å². The van der Waals surface area contributed by atoms with E-state index in [-0.39, 0.29) is 5.91 Å². The van der Waals surface area contributed by atoms with Crippen molar-refractivity contribution in [2.24, 2.45) is 4.99 Å². The summed E-state index contributed by atoms with van der Waals surface area (Å²) in [5.41, 5.74) is 1.49. The third-order valence-electron chi connectivity index (χ3n) is 4.39. The minimum Gasteiger partial charge on any atom is -0.493 e. The van der Waals surface area contributed by atoms with E-state index >= 15 is 0 Å². The van der Waals surface area contributed by atoms with Crippen LogP contribution < -0.4 is 14.3 Å². The number of ether oxygens (including phenoxy) is 3. The molecular weight excluding hydrogens is 408 g/mol. The van der Waals surface area contributed by atoms with Gasteiger partial charge in [0.15, 0.2) is 16.3 Å². The number of rotatable bonds is 8. The van der Waals surface area contributed by atoms with Crippen molar-refractivity contribution in [1.29, 1.82) is 0 Å². The number of thiazole rings is 1. The van der Waals surface area contributed by atoms with Crippen LogP contribution in [0.5, 0.6) is 11.5 Å². The number of nitrogens with zero attached hydrogens (tertiary/aromatic N) is 2. The molecule has 0 aliphatic carbocycles. The number of aromatic nitrogens is 1. The molecule has 0 aliphatic heterocycles. The van der Waals surface area contributed by atoms with Gasteiger partial charge in [0.2, 0.25) is 0 Å². The Morgan fingerprint density at radius 3 is 2.45 bits per heavy atom. The Labute approximate surface area is 178 Å². The number of fused-ring (bicyclic) bond motifs is 1. The molecule has 2 aromatic carbocycles. The SMILES string of the molecule is CCOCCn1c(=NC(=O)c2ccc(SC)cc2)sc2cc(OC)c(OC)cc21. The summed E-state index contributed by atoms with van der Waals surface area (Å²) in [6, 6.07) is 11.3. The second kappa shape index (κ2) is 9.96. The van der Waals surface area contributed by atoms with Crippen molar-refractivity contribution in [1.82, 2.24) is 4.57 Å². The largest absolute Gasteiger partial charge is 0.493 e. The number of hydrogen-bond donors (Lipinski definition) is 0. The molecule has 0 N–H and O–H groups in total. The molecule has 0 saturated heterocycles. The molecule has 0 spiro atoms. The lowest BCUT2D eigenvalue weighted by Crippen LogP contribution is -2.19. The molecule has 3 aromatic rings. The Bertz CT molecular complexity index is 1050. The third kappa shape index (κ3) is 4.83. The fraction of sp³-hybridized carbons (Fsp3) is 0.333. The topological polar surface area (TPSA) is 62.1 Å². The van der Waals surface area contributed by atoms with Crippen LogP contribution in [0.25, 0.3) is 10.2 Å². The van der Waals surface area contributed by atoms with Gasteiger partial charge in [0.25, 0.3) is 5.91 Å². The molecule has 0 atom stereocenters. The molecule has 8 heteroatoms. The zero-order valence-corrected chi connectivity index (χ0v) is 18.6. The highest BCUT2D eigenvalue weighted by atomic mass is 32.2. The number of benzene rings is 2. The van der Waals surface area contributed by atoms with Crippen molar-refractivity contribution >= 4 is 39.2 Å². The number of hydrogen-bond acceptors (Lipinski definition) is 6. The van der Waals surface area contributed by atoms with E-state index < -0.39 is 0 Å². The predicted octanol–water partition coefficient (Wildman–Crippen LogP) is 4.22. The molecule has 1 aromatic heterocycles. The molecular formula is C21H24N2O4S2. The number of carbonyl (C=O) groups is 1. The van der Waals surface area contributed by atoms with Crippen molar-refractivity contribution in [2.45, 2.75) is 18.4 Å². The Hall–Kier alpha value is -2.29. The van der Waals surface area contributed by atoms with Gasteiger partial charge in [-0.25, -0.2) is 0 Å². The van der Waals surface area contributed by atoms with Gasteiger partial charge in [-0.2, -0.15) is 4.99 Å². The van der Waals surface area contributed by atoms with Crippen LogP contribution in [-0.4, -0.2) is 44.2 Å². The zero-order valence-electron chi connectivity index (χ0n) is 16.9. The maximum Gasteiger partial charge on any atom is 0.279 e. The third-order valence-corrected chi connectivity index (χ3v) is 6.17. The first-order valence-corrected chi connectivity index (χ1v) is 11.2. The molecule has 0 unspecified atom stereocenters. The highest BCUT2D eigenvalue weighted by Crippen LogP contribution is 2.33. The summed E-state index contributed by atoms with van der Waals surface area (Å²) in [4.78, 5) is 18.9. The fourth-order valence-electron chi connectivity index (χ4n) is 2.88. The standard InChI is InChI=1S/C21H24N2O4S2/c1-5-27-11-10-23-16-12-17(25-2)18(26-3)13-19(16)29-21(23)22-20(24)14-6-8-15(28-4)9-7-14/h6-9,12-13H,5,10-11H2,1-4H3. The van der Waals surface area contributed by atoms with Crippen LogP contribution in [0.4, 0.5) is 0 Å². The lowest BCUT2D eigenvalue weighted by atomic mass is 10.2. The fourth-order valence-corrected chi connectivity index (χ4v) is 4.36. The second-order valence-corrected chi connectivity index (χ2v) is 7.94. The minimum absolute atomic E-state index is 0.270. The van der Waals surface area contributed by atoms with Gasteiger partial charge in [0, 0.05) is 35.7 Å². The van der Waals surface area contributed by atoms with Gasteiger partial charge >= 0.3 is 0 Å². The quantitative estimate of drug-likeness (QED) is 0.394. The summed E-state index contributed by atoms with van der Waals surface area (Å²) < 4.78 is 19.3. The summed E-state index contributed by atoms with van der Waals surface area (Å²) in [5, 5.41) is 0. The molecule has 1 amide bonds. The van der Waals surface area contributed by atoms with E-state index in [4.69, 9.17) is 14.2 Å². The first kappa shape index (κ1) is 21.4. The molecule has 0 fully saturated rings.